The standard InChI is InChI=1S/C11H9NO4.C6H8O4.C4H6O4.2H2N.Pt/c1-6-4-10(13)16-9-5-7(12-11(14)15)2-3-8(6)9;7-4(8)6(5(9)10)2-1-3-6;5-3(6)1-2-4(7)8;;;/h2-5,12H,1H3,(H,14,15);1-3H2,(H,7,8)(H,9,10);1-2H2,(H,5,6)(H,7,8);2*1H2;/q;;;2*-1;+2. The smallest absolute Gasteiger partial charge is 0.693 e. The van der Waals surface area contributed by atoms with Crippen LogP contribution in [0.1, 0.15) is 37.7 Å². The maximum absolute atomic E-state index is 11.1. The first-order valence-electron chi connectivity index (χ1n) is 9.73. The van der Waals surface area contributed by atoms with Crippen LogP contribution in [0.15, 0.2) is 33.5 Å². The van der Waals surface area contributed by atoms with Gasteiger partial charge >= 0.3 is 56.7 Å². The molecule has 0 saturated heterocycles. The number of hydrogen-bond acceptors (Lipinski definition) is 7. The first kappa shape index (κ1) is 37.7. The van der Waals surface area contributed by atoms with Crippen LogP contribution < -0.4 is 10.9 Å². The van der Waals surface area contributed by atoms with E-state index in [1.165, 1.54) is 12.1 Å². The van der Waals surface area contributed by atoms with E-state index >= 15 is 0 Å². The van der Waals surface area contributed by atoms with Gasteiger partial charge in [0, 0.05) is 23.2 Å². The third-order valence-electron chi connectivity index (χ3n) is 4.78. The van der Waals surface area contributed by atoms with E-state index in [9.17, 15) is 28.8 Å². The number of fused-ring (bicyclic) bond motifs is 1. The van der Waals surface area contributed by atoms with Crippen molar-refractivity contribution in [2.45, 2.75) is 39.0 Å². The minimum absolute atomic E-state index is 0. The summed E-state index contributed by atoms with van der Waals surface area (Å²) in [5.41, 5.74) is -0.351. The molecule has 0 unspecified atom stereocenters. The van der Waals surface area contributed by atoms with E-state index in [2.05, 4.69) is 5.32 Å². The largest absolute Gasteiger partial charge is 2.00 e. The molecule has 0 bridgehead atoms. The van der Waals surface area contributed by atoms with Gasteiger partial charge in [-0.05, 0) is 43.9 Å². The van der Waals surface area contributed by atoms with Gasteiger partial charge in [-0.1, -0.05) is 0 Å². The summed E-state index contributed by atoms with van der Waals surface area (Å²) >= 11 is 0. The summed E-state index contributed by atoms with van der Waals surface area (Å²) in [6.07, 6.45) is -0.493. The number of rotatable bonds is 6. The molecule has 0 radical (unpaired) electrons. The molecule has 1 fully saturated rings. The van der Waals surface area contributed by atoms with Gasteiger partial charge in [0.1, 0.15) is 5.58 Å². The zero-order valence-electron chi connectivity index (χ0n) is 19.4. The molecule has 1 aliphatic rings. The average molecular weight is 709 g/mol. The van der Waals surface area contributed by atoms with Crippen LogP contribution in [0.25, 0.3) is 23.3 Å². The molecule has 1 heterocycles. The number of benzene rings is 1. The van der Waals surface area contributed by atoms with Gasteiger partial charge in [0.15, 0.2) is 5.41 Å². The van der Waals surface area contributed by atoms with Gasteiger partial charge in [-0.3, -0.25) is 24.5 Å². The first-order valence-corrected chi connectivity index (χ1v) is 9.73. The number of hydrogen-bond donors (Lipinski definition) is 6. The van der Waals surface area contributed by atoms with Crippen LogP contribution in [0.3, 0.4) is 0 Å². The second-order valence-electron chi connectivity index (χ2n) is 7.22. The minimum atomic E-state index is -1.44. The molecule has 1 amide bonds. The van der Waals surface area contributed by atoms with Crippen LogP contribution in [0, 0.1) is 12.3 Å². The van der Waals surface area contributed by atoms with Crippen molar-refractivity contribution in [1.82, 2.24) is 0 Å². The van der Waals surface area contributed by atoms with Crippen LogP contribution in [-0.4, -0.2) is 55.5 Å². The van der Waals surface area contributed by atoms with Crippen molar-refractivity contribution in [2.24, 2.45) is 5.41 Å². The zero-order valence-corrected chi connectivity index (χ0v) is 21.7. The van der Waals surface area contributed by atoms with E-state index in [1.54, 1.807) is 19.1 Å². The number of aliphatic carboxylic acids is 4. The van der Waals surface area contributed by atoms with Crippen molar-refractivity contribution < 1.29 is 75.0 Å². The SMILES string of the molecule is Cc1cc(=O)oc2cc(NC(=O)O)ccc12.O=C(O)C1(C(=O)O)CCC1.O=C(O)CCC(=O)O.[NH2-].[NH2-].[Pt+2]. The predicted molar refractivity (Wildman–Crippen MR) is 125 cm³/mol. The Morgan fingerprint density at radius 1 is 0.892 bits per heavy atom. The Hall–Kier alpha value is -3.81. The van der Waals surface area contributed by atoms with Crippen LogP contribution >= 0.6 is 0 Å². The maximum Gasteiger partial charge on any atom is 2.00 e. The molecule has 16 heteroatoms. The second kappa shape index (κ2) is 16.8. The number of nitrogens with two attached hydrogens (primary N) is 2. The molecule has 1 aromatic carbocycles. The fraction of sp³-hybridized carbons (Fsp3) is 0.333. The molecule has 2 aromatic rings. The summed E-state index contributed by atoms with van der Waals surface area (Å²) in [4.78, 5) is 61.6. The molecule has 3 rings (SSSR count). The van der Waals surface area contributed by atoms with Crippen molar-refractivity contribution >= 4 is 46.6 Å². The van der Waals surface area contributed by atoms with Crippen molar-refractivity contribution in [2.75, 3.05) is 5.32 Å². The average Bonchev–Trinajstić information content (AvgIpc) is 2.65. The summed E-state index contributed by atoms with van der Waals surface area (Å²) < 4.78 is 4.98. The van der Waals surface area contributed by atoms with Gasteiger partial charge in [0.2, 0.25) is 0 Å². The Labute approximate surface area is 223 Å². The second-order valence-corrected chi connectivity index (χ2v) is 7.22. The molecule has 1 aromatic heterocycles. The van der Waals surface area contributed by atoms with Gasteiger partial charge in [-0.15, -0.1) is 0 Å². The van der Waals surface area contributed by atoms with Gasteiger partial charge in [0.05, 0.1) is 12.8 Å². The number of amides is 1. The van der Waals surface area contributed by atoms with E-state index in [1.807, 2.05) is 0 Å². The molecule has 1 saturated carbocycles. The molecule has 10 N–H and O–H groups in total. The third kappa shape index (κ3) is 11.6. The third-order valence-corrected chi connectivity index (χ3v) is 4.78. The molecule has 208 valence electrons. The Kier molecular flexibility index (Phi) is 17.1. The molecule has 1 aliphatic carbocycles. The Bertz CT molecular complexity index is 1130. The molecule has 0 aliphatic heterocycles. The van der Waals surface area contributed by atoms with Gasteiger partial charge in [-0.25, -0.2) is 9.59 Å². The summed E-state index contributed by atoms with van der Waals surface area (Å²) in [6, 6.07) is 6.20. The van der Waals surface area contributed by atoms with E-state index in [0.29, 0.717) is 17.7 Å². The topological polar surface area (TPSA) is 296 Å². The maximum atomic E-state index is 11.1. The van der Waals surface area contributed by atoms with E-state index in [-0.39, 0.29) is 59.0 Å². The molecule has 15 nitrogen and oxygen atoms in total. The zero-order chi connectivity index (χ0) is 26.1. The van der Waals surface area contributed by atoms with Gasteiger partial charge in [0.25, 0.3) is 0 Å². The summed E-state index contributed by atoms with van der Waals surface area (Å²) in [6.45, 7) is 1.80. The summed E-state index contributed by atoms with van der Waals surface area (Å²) in [7, 11) is 0. The molecular weight excluding hydrogens is 681 g/mol. The molecule has 37 heavy (non-hydrogen) atoms. The Balaban J connectivity index is -0.000000483. The molecule has 0 atom stereocenters. The van der Waals surface area contributed by atoms with Crippen molar-refractivity contribution in [3.63, 3.8) is 0 Å². The van der Waals surface area contributed by atoms with E-state index in [0.717, 1.165) is 10.9 Å². The van der Waals surface area contributed by atoms with Crippen LogP contribution in [0.4, 0.5) is 10.5 Å². The van der Waals surface area contributed by atoms with Crippen LogP contribution in [0.2, 0.25) is 0 Å². The summed E-state index contributed by atoms with van der Waals surface area (Å²) in [5, 5.41) is 44.3. The number of carboxylic acids is 4. The van der Waals surface area contributed by atoms with E-state index < -0.39 is 41.0 Å². The van der Waals surface area contributed by atoms with Crippen molar-refractivity contribution in [3.05, 3.63) is 52.6 Å². The van der Waals surface area contributed by atoms with E-state index in [4.69, 9.17) is 29.9 Å². The monoisotopic (exact) mass is 708 g/mol. The van der Waals surface area contributed by atoms with Crippen LogP contribution in [-0.2, 0) is 40.2 Å². The fourth-order valence-electron chi connectivity index (χ4n) is 2.79. The van der Waals surface area contributed by atoms with Crippen LogP contribution in [0.5, 0.6) is 0 Å². The van der Waals surface area contributed by atoms with Gasteiger partial charge in [-0.2, -0.15) is 0 Å². The fourth-order valence-corrected chi connectivity index (χ4v) is 2.79. The molecule has 0 spiro atoms. The Morgan fingerprint density at radius 3 is 1.70 bits per heavy atom. The van der Waals surface area contributed by atoms with Crippen molar-refractivity contribution in [1.29, 1.82) is 0 Å². The summed E-state index contributed by atoms with van der Waals surface area (Å²) in [5.74, 6) is -4.56. The number of anilines is 1. The Morgan fingerprint density at radius 2 is 1.38 bits per heavy atom. The van der Waals surface area contributed by atoms with Crippen molar-refractivity contribution in [3.8, 4) is 0 Å². The first-order chi connectivity index (χ1) is 15.8. The number of nitrogens with one attached hydrogen (secondary N) is 1. The number of carbonyl (C=O) groups is 5. The predicted octanol–water partition coefficient (Wildman–Crippen LogP) is 3.88. The number of carboxylic acid groups (broad SMARTS) is 5. The number of aryl methyl sites for hydroxylation is 1. The molecular formula is C21H27N3O12Pt. The minimum Gasteiger partial charge on any atom is -0.693 e. The normalized spacial score (nSPS) is 12.0. The van der Waals surface area contributed by atoms with Gasteiger partial charge < -0.3 is 42.3 Å². The quantitative estimate of drug-likeness (QED) is 0.184.